The lowest BCUT2D eigenvalue weighted by atomic mass is 10.1. The molecule has 0 aromatic heterocycles. The van der Waals surface area contributed by atoms with Crippen molar-refractivity contribution < 1.29 is 9.53 Å². The molecule has 0 aromatic carbocycles. The Balaban J connectivity index is 3.17. The van der Waals surface area contributed by atoms with Crippen molar-refractivity contribution >= 4 is 17.6 Å². The summed E-state index contributed by atoms with van der Waals surface area (Å²) in [7, 11) is 0. The molecule has 11 heavy (non-hydrogen) atoms. The van der Waals surface area contributed by atoms with Gasteiger partial charge >= 0.3 is 5.97 Å². The average molecular weight is 179 g/mol. The molecule has 0 aromatic rings. The molecule has 0 rings (SSSR count). The molecule has 0 atom stereocenters. The highest BCUT2D eigenvalue weighted by molar-refractivity contribution is 6.18. The number of esters is 1. The average Bonchev–Trinajstić information content (AvgIpc) is 1.87. The van der Waals surface area contributed by atoms with Gasteiger partial charge in [-0.25, -0.2) is 0 Å². The van der Waals surface area contributed by atoms with Gasteiger partial charge in [-0.05, 0) is 12.3 Å². The van der Waals surface area contributed by atoms with E-state index in [1.165, 1.54) is 0 Å². The van der Waals surface area contributed by atoms with Crippen LogP contribution >= 0.6 is 11.6 Å². The largest absolute Gasteiger partial charge is 0.466 e. The summed E-state index contributed by atoms with van der Waals surface area (Å²) in [5, 5.41) is 0. The number of rotatable bonds is 5. The van der Waals surface area contributed by atoms with E-state index in [4.69, 9.17) is 16.3 Å². The summed E-state index contributed by atoms with van der Waals surface area (Å²) in [6, 6.07) is 0. The van der Waals surface area contributed by atoms with Crippen molar-refractivity contribution in [1.29, 1.82) is 0 Å². The molecule has 0 bridgehead atoms. The lowest BCUT2D eigenvalue weighted by Gasteiger charge is -2.04. The smallest absolute Gasteiger partial charge is 0.306 e. The number of ether oxygens (including phenoxy) is 1. The van der Waals surface area contributed by atoms with Crippen molar-refractivity contribution in [2.24, 2.45) is 5.92 Å². The van der Waals surface area contributed by atoms with Gasteiger partial charge in [0.25, 0.3) is 0 Å². The van der Waals surface area contributed by atoms with Crippen molar-refractivity contribution in [3.63, 3.8) is 0 Å². The second kappa shape index (κ2) is 6.47. The predicted octanol–water partition coefficient (Wildman–Crippen LogP) is 2.20. The number of carbonyl (C=O) groups is 1. The number of hydrogen-bond donors (Lipinski definition) is 0. The predicted molar refractivity (Wildman–Crippen MR) is 45.8 cm³/mol. The van der Waals surface area contributed by atoms with Crippen molar-refractivity contribution in [3.05, 3.63) is 0 Å². The first-order valence-corrected chi connectivity index (χ1v) is 4.42. The zero-order chi connectivity index (χ0) is 8.69. The van der Waals surface area contributed by atoms with Gasteiger partial charge in [0.2, 0.25) is 0 Å². The maximum absolute atomic E-state index is 10.7. The van der Waals surface area contributed by atoms with Gasteiger partial charge in [0, 0.05) is 5.88 Å². The van der Waals surface area contributed by atoms with Gasteiger partial charge in [-0.3, -0.25) is 4.79 Å². The van der Waals surface area contributed by atoms with E-state index in [1.54, 1.807) is 0 Å². The summed E-state index contributed by atoms with van der Waals surface area (Å²) >= 11 is 5.34. The van der Waals surface area contributed by atoms with Crippen LogP contribution in [-0.4, -0.2) is 18.5 Å². The van der Waals surface area contributed by atoms with Crippen LogP contribution in [0.25, 0.3) is 0 Å². The van der Waals surface area contributed by atoms with E-state index < -0.39 is 0 Å². The highest BCUT2D eigenvalue weighted by atomic mass is 35.5. The minimum absolute atomic E-state index is 0.194. The SMILES string of the molecule is CC(C)CCOC(=O)CCCl. The highest BCUT2D eigenvalue weighted by Crippen LogP contribution is 1.99. The van der Waals surface area contributed by atoms with Crippen LogP contribution in [0.15, 0.2) is 0 Å². The van der Waals surface area contributed by atoms with Crippen LogP contribution in [0.2, 0.25) is 0 Å². The number of halogens is 1. The van der Waals surface area contributed by atoms with Gasteiger partial charge < -0.3 is 4.74 Å². The molecule has 2 nitrogen and oxygen atoms in total. The molecule has 0 radical (unpaired) electrons. The Bertz CT molecular complexity index is 113. The van der Waals surface area contributed by atoms with Crippen molar-refractivity contribution in [2.45, 2.75) is 26.7 Å². The molecule has 0 aliphatic rings. The summed E-state index contributed by atoms with van der Waals surface area (Å²) in [6.07, 6.45) is 1.24. The van der Waals surface area contributed by atoms with Crippen molar-refractivity contribution in [3.8, 4) is 0 Å². The minimum atomic E-state index is -0.194. The van der Waals surface area contributed by atoms with Crippen molar-refractivity contribution in [2.75, 3.05) is 12.5 Å². The Labute approximate surface area is 72.9 Å². The zero-order valence-electron chi connectivity index (χ0n) is 7.10. The molecule has 0 amide bonds. The number of hydrogen-bond acceptors (Lipinski definition) is 2. The van der Waals surface area contributed by atoms with Gasteiger partial charge in [0.1, 0.15) is 0 Å². The standard InChI is InChI=1S/C8H15ClO2/c1-7(2)4-6-11-8(10)3-5-9/h7H,3-6H2,1-2H3. The molecule has 0 heterocycles. The molecule has 0 aliphatic heterocycles. The topological polar surface area (TPSA) is 26.3 Å². The third-order valence-electron chi connectivity index (χ3n) is 1.26. The van der Waals surface area contributed by atoms with Crippen molar-refractivity contribution in [1.82, 2.24) is 0 Å². The lowest BCUT2D eigenvalue weighted by Crippen LogP contribution is -2.07. The number of alkyl halides is 1. The second-order valence-electron chi connectivity index (χ2n) is 2.84. The number of carbonyl (C=O) groups excluding carboxylic acids is 1. The van der Waals surface area contributed by atoms with Crippen LogP contribution in [0.1, 0.15) is 26.7 Å². The first-order valence-electron chi connectivity index (χ1n) is 3.88. The van der Waals surface area contributed by atoms with Crippen LogP contribution in [0.5, 0.6) is 0 Å². The highest BCUT2D eigenvalue weighted by Gasteiger charge is 2.01. The lowest BCUT2D eigenvalue weighted by molar-refractivity contribution is -0.143. The van der Waals surface area contributed by atoms with E-state index >= 15 is 0 Å². The molecule has 3 heteroatoms. The second-order valence-corrected chi connectivity index (χ2v) is 3.22. The first-order chi connectivity index (χ1) is 5.16. The molecule has 0 unspecified atom stereocenters. The summed E-state index contributed by atoms with van der Waals surface area (Å²) < 4.78 is 4.87. The zero-order valence-corrected chi connectivity index (χ0v) is 7.86. The van der Waals surface area contributed by atoms with E-state index in [1.807, 2.05) is 0 Å². The van der Waals surface area contributed by atoms with E-state index in [0.29, 0.717) is 24.8 Å². The summed E-state index contributed by atoms with van der Waals surface area (Å²) in [6.45, 7) is 4.71. The molecule has 0 aliphatic carbocycles. The summed E-state index contributed by atoms with van der Waals surface area (Å²) in [5.74, 6) is 0.736. The van der Waals surface area contributed by atoms with Gasteiger partial charge in [-0.1, -0.05) is 13.8 Å². The quantitative estimate of drug-likeness (QED) is 0.477. The van der Waals surface area contributed by atoms with Crippen LogP contribution in [0.4, 0.5) is 0 Å². The monoisotopic (exact) mass is 178 g/mol. The molecule has 0 fully saturated rings. The van der Waals surface area contributed by atoms with Gasteiger partial charge in [0.15, 0.2) is 0 Å². The molecule has 0 spiro atoms. The van der Waals surface area contributed by atoms with Crippen LogP contribution in [0, 0.1) is 5.92 Å². The molecular weight excluding hydrogens is 164 g/mol. The normalized spacial score (nSPS) is 10.2. The van der Waals surface area contributed by atoms with Crippen LogP contribution < -0.4 is 0 Å². The maximum atomic E-state index is 10.7. The fourth-order valence-electron chi connectivity index (χ4n) is 0.558. The Morgan fingerprint density at radius 1 is 1.55 bits per heavy atom. The Morgan fingerprint density at radius 3 is 2.64 bits per heavy atom. The molecule has 0 saturated carbocycles. The van der Waals surface area contributed by atoms with Gasteiger partial charge in [-0.15, -0.1) is 11.6 Å². The molecule has 0 N–H and O–H groups in total. The fraction of sp³-hybridized carbons (Fsp3) is 0.875. The Hall–Kier alpha value is -0.240. The summed E-state index contributed by atoms with van der Waals surface area (Å²) in [4.78, 5) is 10.7. The van der Waals surface area contributed by atoms with Crippen LogP contribution in [0.3, 0.4) is 0 Å². The maximum Gasteiger partial charge on any atom is 0.306 e. The van der Waals surface area contributed by atoms with E-state index in [9.17, 15) is 4.79 Å². The third kappa shape index (κ3) is 7.66. The van der Waals surface area contributed by atoms with Gasteiger partial charge in [-0.2, -0.15) is 0 Å². The van der Waals surface area contributed by atoms with E-state index in [-0.39, 0.29) is 5.97 Å². The molecule has 0 saturated heterocycles. The fourth-order valence-corrected chi connectivity index (χ4v) is 0.712. The Morgan fingerprint density at radius 2 is 2.18 bits per heavy atom. The summed E-state index contributed by atoms with van der Waals surface area (Å²) in [5.41, 5.74) is 0. The third-order valence-corrected chi connectivity index (χ3v) is 1.45. The van der Waals surface area contributed by atoms with E-state index in [0.717, 1.165) is 6.42 Å². The van der Waals surface area contributed by atoms with Gasteiger partial charge in [0.05, 0.1) is 13.0 Å². The minimum Gasteiger partial charge on any atom is -0.466 e. The molecule has 66 valence electrons. The Kier molecular flexibility index (Phi) is 6.33. The molecular formula is C8H15ClO2. The van der Waals surface area contributed by atoms with E-state index in [2.05, 4.69) is 13.8 Å². The van der Waals surface area contributed by atoms with Crippen LogP contribution in [-0.2, 0) is 9.53 Å². The first kappa shape index (κ1) is 10.8.